The molecule has 1 aliphatic heterocycles. The highest BCUT2D eigenvalue weighted by Gasteiger charge is 2.33. The number of hydrogen-bond acceptors (Lipinski definition) is 4. The fraction of sp³-hybridized carbons (Fsp3) is 0. The molecule has 2 heterocycles. The normalized spacial score (nSPS) is 14.3. The number of nitrogens with zero attached hydrogens (tertiary/aromatic N) is 4. The van der Waals surface area contributed by atoms with Gasteiger partial charge in [0.25, 0.3) is 5.91 Å². The summed E-state index contributed by atoms with van der Waals surface area (Å²) < 4.78 is 1.49. The number of hydrazone groups is 1. The van der Waals surface area contributed by atoms with Crippen LogP contribution in [0.15, 0.2) is 132 Å². The summed E-state index contributed by atoms with van der Waals surface area (Å²) in [5, 5.41) is 22.3. The first-order chi connectivity index (χ1) is 18.2. The van der Waals surface area contributed by atoms with Crippen LogP contribution in [0.4, 0.5) is 5.69 Å². The van der Waals surface area contributed by atoms with Gasteiger partial charge in [-0.3, -0.25) is 4.79 Å². The van der Waals surface area contributed by atoms with E-state index in [1.807, 2.05) is 121 Å². The van der Waals surface area contributed by atoms with Crippen LogP contribution in [0.2, 0.25) is 0 Å². The molecule has 0 aliphatic carbocycles. The van der Waals surface area contributed by atoms with E-state index in [1.165, 1.54) is 9.69 Å². The number of anilines is 1. The molecule has 6 nitrogen and oxygen atoms in total. The summed E-state index contributed by atoms with van der Waals surface area (Å²) >= 11 is 0. The standard InChI is InChI=1S/C31H22N4O2/c36-30-26(28(22-13-5-1-6-14-22)32-34(30)24-17-9-3-10-18-24)21-27-29(23-15-7-2-8-16-23)33-35(31(27)37)25-19-11-4-12-20-25/h1-21,36H/b27-21+. The molecule has 1 aromatic heterocycles. The van der Waals surface area contributed by atoms with Crippen molar-refractivity contribution in [1.82, 2.24) is 9.78 Å². The predicted molar refractivity (Wildman–Crippen MR) is 146 cm³/mol. The SMILES string of the molecule is O=C1/C(=C/c2c(-c3ccccc3)nn(-c3ccccc3)c2O)C(c2ccccc2)=NN1c1ccccc1. The highest BCUT2D eigenvalue weighted by atomic mass is 16.3. The fourth-order valence-electron chi connectivity index (χ4n) is 4.36. The third-order valence-electron chi connectivity index (χ3n) is 6.16. The second kappa shape index (κ2) is 9.43. The number of rotatable bonds is 5. The topological polar surface area (TPSA) is 70.7 Å². The van der Waals surface area contributed by atoms with E-state index in [-0.39, 0.29) is 11.8 Å². The van der Waals surface area contributed by atoms with Gasteiger partial charge in [-0.15, -0.1) is 0 Å². The molecule has 6 heteroatoms. The largest absolute Gasteiger partial charge is 0.493 e. The van der Waals surface area contributed by atoms with E-state index < -0.39 is 0 Å². The lowest BCUT2D eigenvalue weighted by molar-refractivity contribution is -0.114. The molecule has 178 valence electrons. The number of hydrogen-bond donors (Lipinski definition) is 1. The molecule has 0 fully saturated rings. The molecule has 5 aromatic rings. The lowest BCUT2D eigenvalue weighted by Gasteiger charge is -2.11. The molecule has 6 rings (SSSR count). The van der Waals surface area contributed by atoms with Crippen LogP contribution >= 0.6 is 0 Å². The second-order valence-electron chi connectivity index (χ2n) is 8.52. The summed E-state index contributed by atoms with van der Waals surface area (Å²) in [6.45, 7) is 0. The van der Waals surface area contributed by atoms with Gasteiger partial charge in [-0.25, -0.2) is 4.68 Å². The zero-order chi connectivity index (χ0) is 25.2. The molecule has 37 heavy (non-hydrogen) atoms. The third kappa shape index (κ3) is 4.10. The molecular weight excluding hydrogens is 460 g/mol. The van der Waals surface area contributed by atoms with Crippen molar-refractivity contribution in [2.45, 2.75) is 0 Å². The summed E-state index contributed by atoms with van der Waals surface area (Å²) in [5.41, 5.74) is 4.90. The summed E-state index contributed by atoms with van der Waals surface area (Å²) in [7, 11) is 0. The van der Waals surface area contributed by atoms with Crippen molar-refractivity contribution in [2.75, 3.05) is 5.01 Å². The van der Waals surface area contributed by atoms with Gasteiger partial charge < -0.3 is 5.11 Å². The Morgan fingerprint density at radius 3 is 1.76 bits per heavy atom. The smallest absolute Gasteiger partial charge is 0.281 e. The highest BCUT2D eigenvalue weighted by molar-refractivity contribution is 6.37. The number of benzene rings is 4. The molecule has 0 spiro atoms. The first kappa shape index (κ1) is 22.2. The Balaban J connectivity index is 1.56. The number of carbonyl (C=O) groups is 1. The van der Waals surface area contributed by atoms with E-state index in [9.17, 15) is 9.90 Å². The van der Waals surface area contributed by atoms with Crippen LogP contribution in [-0.2, 0) is 4.79 Å². The average Bonchev–Trinajstić information content (AvgIpc) is 3.47. The number of aromatic hydroxyl groups is 1. The van der Waals surface area contributed by atoms with Crippen LogP contribution in [0.1, 0.15) is 11.1 Å². The molecule has 1 amide bonds. The van der Waals surface area contributed by atoms with E-state index in [4.69, 9.17) is 10.2 Å². The van der Waals surface area contributed by atoms with Crippen molar-refractivity contribution in [2.24, 2.45) is 5.10 Å². The van der Waals surface area contributed by atoms with Gasteiger partial charge in [0.2, 0.25) is 5.88 Å². The lowest BCUT2D eigenvalue weighted by Crippen LogP contribution is -2.21. The first-order valence-corrected chi connectivity index (χ1v) is 11.9. The van der Waals surface area contributed by atoms with Crippen LogP contribution in [0.25, 0.3) is 23.0 Å². The van der Waals surface area contributed by atoms with E-state index in [1.54, 1.807) is 6.08 Å². The minimum absolute atomic E-state index is 0.0593. The zero-order valence-electron chi connectivity index (χ0n) is 19.8. The molecule has 0 radical (unpaired) electrons. The van der Waals surface area contributed by atoms with Crippen molar-refractivity contribution >= 4 is 23.4 Å². The van der Waals surface area contributed by atoms with Gasteiger partial charge in [0, 0.05) is 11.1 Å². The van der Waals surface area contributed by atoms with Crippen LogP contribution < -0.4 is 5.01 Å². The number of aromatic nitrogens is 2. The maximum absolute atomic E-state index is 13.8. The Morgan fingerprint density at radius 1 is 0.649 bits per heavy atom. The summed E-state index contributed by atoms with van der Waals surface area (Å²) in [6, 6.07) is 37.9. The maximum Gasteiger partial charge on any atom is 0.281 e. The Bertz CT molecular complexity index is 1620. The van der Waals surface area contributed by atoms with Crippen molar-refractivity contribution in [1.29, 1.82) is 0 Å². The fourth-order valence-corrected chi connectivity index (χ4v) is 4.36. The number of carbonyl (C=O) groups excluding carboxylic acids is 1. The molecule has 1 N–H and O–H groups in total. The Morgan fingerprint density at radius 2 is 1.16 bits per heavy atom. The summed E-state index contributed by atoms with van der Waals surface area (Å²) in [6.07, 6.45) is 1.70. The summed E-state index contributed by atoms with van der Waals surface area (Å²) in [4.78, 5) is 13.8. The summed E-state index contributed by atoms with van der Waals surface area (Å²) in [5.74, 6) is -0.341. The van der Waals surface area contributed by atoms with E-state index >= 15 is 0 Å². The average molecular weight is 483 g/mol. The molecule has 1 aliphatic rings. The Labute approximate surface area is 214 Å². The Hall–Kier alpha value is -5.23. The van der Waals surface area contributed by atoms with Gasteiger partial charge >= 0.3 is 0 Å². The van der Waals surface area contributed by atoms with E-state index in [2.05, 4.69) is 0 Å². The maximum atomic E-state index is 13.8. The van der Waals surface area contributed by atoms with Gasteiger partial charge in [-0.05, 0) is 30.3 Å². The van der Waals surface area contributed by atoms with Crippen LogP contribution in [0.3, 0.4) is 0 Å². The molecule has 0 unspecified atom stereocenters. The van der Waals surface area contributed by atoms with Gasteiger partial charge in [-0.1, -0.05) is 97.1 Å². The van der Waals surface area contributed by atoms with Crippen molar-refractivity contribution in [3.05, 3.63) is 138 Å². The zero-order valence-corrected chi connectivity index (χ0v) is 19.8. The van der Waals surface area contributed by atoms with Gasteiger partial charge in [-0.2, -0.15) is 15.2 Å². The van der Waals surface area contributed by atoms with Crippen molar-refractivity contribution in [3.8, 4) is 22.8 Å². The van der Waals surface area contributed by atoms with E-state index in [0.717, 1.165) is 11.1 Å². The van der Waals surface area contributed by atoms with Crippen LogP contribution in [-0.4, -0.2) is 26.5 Å². The Kier molecular flexibility index (Phi) is 5.67. The quantitative estimate of drug-likeness (QED) is 0.309. The number of para-hydroxylation sites is 2. The molecule has 0 saturated carbocycles. The van der Waals surface area contributed by atoms with Crippen molar-refractivity contribution in [3.63, 3.8) is 0 Å². The van der Waals surface area contributed by atoms with Crippen LogP contribution in [0, 0.1) is 0 Å². The minimum Gasteiger partial charge on any atom is -0.493 e. The predicted octanol–water partition coefficient (Wildman–Crippen LogP) is 6.08. The van der Waals surface area contributed by atoms with Gasteiger partial charge in [0.15, 0.2) is 0 Å². The minimum atomic E-state index is -0.282. The monoisotopic (exact) mass is 482 g/mol. The molecule has 0 bridgehead atoms. The molecule has 0 atom stereocenters. The van der Waals surface area contributed by atoms with E-state index in [0.29, 0.717) is 33.9 Å². The number of amides is 1. The van der Waals surface area contributed by atoms with Crippen molar-refractivity contribution < 1.29 is 9.90 Å². The molecule has 0 saturated heterocycles. The van der Waals surface area contributed by atoms with Gasteiger partial charge in [0.05, 0.1) is 22.5 Å². The van der Waals surface area contributed by atoms with Gasteiger partial charge in [0.1, 0.15) is 11.4 Å². The third-order valence-corrected chi connectivity index (χ3v) is 6.16. The lowest BCUT2D eigenvalue weighted by atomic mass is 9.99. The van der Waals surface area contributed by atoms with Crippen LogP contribution in [0.5, 0.6) is 5.88 Å². The highest BCUT2D eigenvalue weighted by Crippen LogP contribution is 2.36. The first-order valence-electron chi connectivity index (χ1n) is 11.9. The molecular formula is C31H22N4O2. The second-order valence-corrected chi connectivity index (χ2v) is 8.52. The molecule has 4 aromatic carbocycles.